The van der Waals surface area contributed by atoms with Crippen molar-refractivity contribution in [3.63, 3.8) is 0 Å². The summed E-state index contributed by atoms with van der Waals surface area (Å²) in [5.41, 5.74) is -0.632. The zero-order valence-electron chi connectivity index (χ0n) is 27.4. The summed E-state index contributed by atoms with van der Waals surface area (Å²) in [6, 6.07) is 18.7. The van der Waals surface area contributed by atoms with Crippen molar-refractivity contribution < 1.29 is 32.2 Å². The lowest BCUT2D eigenvalue weighted by molar-refractivity contribution is -0.121. The lowest BCUT2D eigenvalue weighted by Crippen LogP contribution is -2.60. The molecular formula is C35H36ClN5O7S. The van der Waals surface area contributed by atoms with Gasteiger partial charge in [0, 0.05) is 66.5 Å². The molecule has 3 heterocycles. The number of nitrogens with one attached hydrogen (secondary N) is 1. The number of fused-ring (bicyclic) bond motifs is 1. The number of hydrogen-bond donors (Lipinski definition) is 1. The average Bonchev–Trinajstić information content (AvgIpc) is 3.35. The molecule has 1 N–H and O–H groups in total. The van der Waals surface area contributed by atoms with Gasteiger partial charge in [-0.15, -0.1) is 0 Å². The quantitative estimate of drug-likeness (QED) is 0.254. The molecule has 3 aromatic carbocycles. The maximum atomic E-state index is 15.2. The molecule has 2 aliphatic heterocycles. The van der Waals surface area contributed by atoms with E-state index in [2.05, 4.69) is 15.2 Å². The first-order valence-electron chi connectivity index (χ1n) is 15.6. The summed E-state index contributed by atoms with van der Waals surface area (Å²) < 4.78 is 46.8. The minimum absolute atomic E-state index is 0.0226. The molecule has 0 saturated carbocycles. The summed E-state index contributed by atoms with van der Waals surface area (Å²) in [6.45, 7) is 5.42. The predicted octanol–water partition coefficient (Wildman–Crippen LogP) is 5.05. The SMILES string of the molecule is COc1ccc(S(=O)(=O)N2C(=O)C(NC(=O)N3CCN(c4ccncc4)CC3)(c3ccccc3OC(C)C)c3cc(Cl)ccc32)c(OC)c1. The number of aromatic nitrogens is 1. The number of pyridine rings is 1. The molecule has 1 saturated heterocycles. The zero-order valence-corrected chi connectivity index (χ0v) is 29.0. The summed E-state index contributed by atoms with van der Waals surface area (Å²) in [6.07, 6.45) is 3.11. The minimum atomic E-state index is -4.65. The molecule has 2 aliphatic rings. The zero-order chi connectivity index (χ0) is 34.9. The van der Waals surface area contributed by atoms with Gasteiger partial charge in [0.15, 0.2) is 5.54 Å². The molecule has 0 bridgehead atoms. The fourth-order valence-electron chi connectivity index (χ4n) is 6.23. The Morgan fingerprint density at radius 3 is 2.29 bits per heavy atom. The number of rotatable bonds is 9. The molecule has 1 atom stereocenters. The molecule has 1 unspecified atom stereocenters. The van der Waals surface area contributed by atoms with Gasteiger partial charge in [-0.2, -0.15) is 4.31 Å². The van der Waals surface area contributed by atoms with E-state index in [4.69, 9.17) is 25.8 Å². The number of hydrogen-bond acceptors (Lipinski definition) is 9. The van der Waals surface area contributed by atoms with E-state index in [-0.39, 0.29) is 38.6 Å². The number of halogens is 1. The highest BCUT2D eigenvalue weighted by molar-refractivity contribution is 7.93. The number of methoxy groups -OCH3 is 2. The monoisotopic (exact) mass is 705 g/mol. The van der Waals surface area contributed by atoms with Gasteiger partial charge in [-0.3, -0.25) is 9.78 Å². The van der Waals surface area contributed by atoms with E-state index in [1.54, 1.807) is 41.6 Å². The Morgan fingerprint density at radius 2 is 1.61 bits per heavy atom. The van der Waals surface area contributed by atoms with Gasteiger partial charge >= 0.3 is 6.03 Å². The van der Waals surface area contributed by atoms with E-state index < -0.39 is 27.5 Å². The molecule has 256 valence electrons. The van der Waals surface area contributed by atoms with E-state index in [9.17, 15) is 13.2 Å². The van der Waals surface area contributed by atoms with Gasteiger partial charge in [-0.1, -0.05) is 29.8 Å². The van der Waals surface area contributed by atoms with Gasteiger partial charge < -0.3 is 29.3 Å². The molecule has 1 aromatic heterocycles. The fraction of sp³-hybridized carbons (Fsp3) is 0.286. The van der Waals surface area contributed by atoms with Gasteiger partial charge in [0.05, 0.1) is 26.0 Å². The van der Waals surface area contributed by atoms with E-state index in [1.165, 1.54) is 50.6 Å². The Kier molecular flexibility index (Phi) is 9.32. The van der Waals surface area contributed by atoms with Crippen LogP contribution in [0.2, 0.25) is 5.02 Å². The second-order valence-electron chi connectivity index (χ2n) is 11.8. The summed E-state index contributed by atoms with van der Waals surface area (Å²) >= 11 is 6.55. The number of sulfonamides is 1. The maximum Gasteiger partial charge on any atom is 0.318 e. The van der Waals surface area contributed by atoms with Gasteiger partial charge in [0.2, 0.25) is 0 Å². The van der Waals surface area contributed by atoms with Crippen molar-refractivity contribution in [2.24, 2.45) is 0 Å². The largest absolute Gasteiger partial charge is 0.497 e. The third-order valence-electron chi connectivity index (χ3n) is 8.52. The average molecular weight is 706 g/mol. The summed E-state index contributed by atoms with van der Waals surface area (Å²) in [7, 11) is -1.88. The molecule has 0 spiro atoms. The Balaban J connectivity index is 1.48. The van der Waals surface area contributed by atoms with Crippen LogP contribution in [0.1, 0.15) is 25.0 Å². The summed E-state index contributed by atoms with van der Waals surface area (Å²) in [5.74, 6) is -0.312. The normalized spacial score (nSPS) is 17.6. The lowest BCUT2D eigenvalue weighted by atomic mass is 9.83. The predicted molar refractivity (Wildman–Crippen MR) is 185 cm³/mol. The Bertz CT molecular complexity index is 1990. The smallest absolute Gasteiger partial charge is 0.318 e. The second-order valence-corrected chi connectivity index (χ2v) is 14.0. The third-order valence-corrected chi connectivity index (χ3v) is 10.5. The number of para-hydroxylation sites is 1. The standard InChI is InChI=1S/C35H36ClN5O7S/c1-23(2)48-30-8-6-5-7-27(30)35(38-34(43)40-19-17-39(18-20-40)25-13-15-37-16-14-25)28-21-24(36)9-11-29(28)41(33(35)42)49(44,45)32-12-10-26(46-3)22-31(32)47-4/h5-16,21-23H,17-20H2,1-4H3,(H,38,43). The van der Waals surface area contributed by atoms with Gasteiger partial charge in [-0.05, 0) is 62.4 Å². The first-order valence-corrected chi connectivity index (χ1v) is 17.4. The van der Waals surface area contributed by atoms with Crippen LogP contribution in [-0.2, 0) is 20.4 Å². The minimum Gasteiger partial charge on any atom is -0.497 e. The van der Waals surface area contributed by atoms with Gasteiger partial charge in [0.25, 0.3) is 15.9 Å². The fourth-order valence-corrected chi connectivity index (χ4v) is 8.01. The van der Waals surface area contributed by atoms with Crippen molar-refractivity contribution >= 4 is 44.9 Å². The number of amides is 3. The number of carbonyl (C=O) groups is 2. The molecular weight excluding hydrogens is 670 g/mol. The Morgan fingerprint density at radius 1 is 0.898 bits per heavy atom. The molecule has 0 aliphatic carbocycles. The third kappa shape index (κ3) is 6.08. The maximum absolute atomic E-state index is 15.2. The van der Waals surface area contributed by atoms with E-state index >= 15 is 4.79 Å². The van der Waals surface area contributed by atoms with Crippen LogP contribution in [0.15, 0.2) is 90.1 Å². The van der Waals surface area contributed by atoms with E-state index in [1.807, 2.05) is 26.0 Å². The number of nitrogens with zero attached hydrogens (tertiary/aromatic N) is 4. The topological polar surface area (TPSA) is 131 Å². The van der Waals surface area contributed by atoms with Crippen LogP contribution in [0.4, 0.5) is 16.2 Å². The van der Waals surface area contributed by atoms with Crippen LogP contribution in [0.5, 0.6) is 17.2 Å². The van der Waals surface area contributed by atoms with Gasteiger partial charge in [-0.25, -0.2) is 13.2 Å². The van der Waals surface area contributed by atoms with Crippen LogP contribution < -0.4 is 28.7 Å². The highest BCUT2D eigenvalue weighted by Gasteiger charge is 2.59. The van der Waals surface area contributed by atoms with Crippen molar-refractivity contribution in [3.8, 4) is 17.2 Å². The summed E-state index contributed by atoms with van der Waals surface area (Å²) in [5, 5.41) is 3.23. The Hall–Kier alpha value is -5.01. The molecule has 6 rings (SSSR count). The lowest BCUT2D eigenvalue weighted by Gasteiger charge is -2.39. The first-order chi connectivity index (χ1) is 23.5. The van der Waals surface area contributed by atoms with Crippen molar-refractivity contribution in [3.05, 3.63) is 101 Å². The molecule has 49 heavy (non-hydrogen) atoms. The highest BCUT2D eigenvalue weighted by atomic mass is 35.5. The van der Waals surface area contributed by atoms with Crippen LogP contribution in [0.3, 0.4) is 0 Å². The first kappa shape index (κ1) is 33.9. The Labute approximate surface area is 290 Å². The van der Waals surface area contributed by atoms with Crippen molar-refractivity contribution in [2.75, 3.05) is 49.6 Å². The molecule has 0 radical (unpaired) electrons. The molecule has 1 fully saturated rings. The number of benzene rings is 3. The highest BCUT2D eigenvalue weighted by Crippen LogP contribution is 2.50. The number of carbonyl (C=O) groups excluding carboxylic acids is 2. The van der Waals surface area contributed by atoms with E-state index in [0.29, 0.717) is 42.0 Å². The van der Waals surface area contributed by atoms with Crippen molar-refractivity contribution in [1.29, 1.82) is 0 Å². The molecule has 14 heteroatoms. The number of piperazine rings is 1. The van der Waals surface area contributed by atoms with Crippen LogP contribution in [-0.4, -0.2) is 76.7 Å². The molecule has 3 amide bonds. The second kappa shape index (κ2) is 13.5. The van der Waals surface area contributed by atoms with Crippen LogP contribution in [0.25, 0.3) is 0 Å². The number of anilines is 2. The number of urea groups is 1. The van der Waals surface area contributed by atoms with Crippen LogP contribution >= 0.6 is 11.6 Å². The van der Waals surface area contributed by atoms with Crippen LogP contribution in [0, 0.1) is 0 Å². The van der Waals surface area contributed by atoms with Crippen molar-refractivity contribution in [1.82, 2.24) is 15.2 Å². The van der Waals surface area contributed by atoms with E-state index in [0.717, 1.165) is 5.69 Å². The van der Waals surface area contributed by atoms with Crippen molar-refractivity contribution in [2.45, 2.75) is 30.4 Å². The molecule has 12 nitrogen and oxygen atoms in total. The molecule has 4 aromatic rings. The number of ether oxygens (including phenoxy) is 3. The summed E-state index contributed by atoms with van der Waals surface area (Å²) in [4.78, 5) is 37.0. The van der Waals surface area contributed by atoms with Gasteiger partial charge in [0.1, 0.15) is 22.1 Å².